The van der Waals surface area contributed by atoms with Gasteiger partial charge in [0.05, 0.1) is 11.3 Å². The standard InChI is InChI=1S/C14H15NO3/c1-3-4-11-10(14(16)17)6-7-12(15-11)13-8-5-9(2)18-13/h5-8H,3-4H2,1-2H3,(H,16,17). The minimum Gasteiger partial charge on any atom is -0.478 e. The molecule has 0 saturated heterocycles. The zero-order valence-corrected chi connectivity index (χ0v) is 10.4. The molecule has 0 unspecified atom stereocenters. The van der Waals surface area contributed by atoms with Gasteiger partial charge in [0.1, 0.15) is 11.5 Å². The largest absolute Gasteiger partial charge is 0.478 e. The average molecular weight is 245 g/mol. The zero-order chi connectivity index (χ0) is 13.1. The van der Waals surface area contributed by atoms with E-state index < -0.39 is 5.97 Å². The highest BCUT2D eigenvalue weighted by Gasteiger charge is 2.13. The Balaban J connectivity index is 2.45. The summed E-state index contributed by atoms with van der Waals surface area (Å²) in [6.45, 7) is 3.86. The van der Waals surface area contributed by atoms with E-state index in [0.717, 1.165) is 12.2 Å². The van der Waals surface area contributed by atoms with Crippen molar-refractivity contribution in [2.24, 2.45) is 0 Å². The summed E-state index contributed by atoms with van der Waals surface area (Å²) >= 11 is 0. The Morgan fingerprint density at radius 1 is 1.33 bits per heavy atom. The Hall–Kier alpha value is -2.10. The molecule has 2 heterocycles. The molecule has 2 aromatic rings. The van der Waals surface area contributed by atoms with Crippen molar-refractivity contribution in [3.8, 4) is 11.5 Å². The fourth-order valence-electron chi connectivity index (χ4n) is 1.83. The Kier molecular flexibility index (Phi) is 3.46. The maximum Gasteiger partial charge on any atom is 0.337 e. The molecule has 0 amide bonds. The lowest BCUT2D eigenvalue weighted by Crippen LogP contribution is -2.05. The molecule has 4 nitrogen and oxygen atoms in total. The predicted octanol–water partition coefficient (Wildman–Crippen LogP) is 3.30. The Morgan fingerprint density at radius 3 is 2.67 bits per heavy atom. The van der Waals surface area contributed by atoms with E-state index in [0.29, 0.717) is 23.6 Å². The maximum atomic E-state index is 11.1. The van der Waals surface area contributed by atoms with Gasteiger partial charge in [-0.2, -0.15) is 0 Å². The summed E-state index contributed by atoms with van der Waals surface area (Å²) in [5, 5.41) is 9.09. The lowest BCUT2D eigenvalue weighted by atomic mass is 10.1. The van der Waals surface area contributed by atoms with E-state index in [1.807, 2.05) is 26.0 Å². The molecular formula is C14H15NO3. The molecule has 1 N–H and O–H groups in total. The number of carbonyl (C=O) groups is 1. The smallest absolute Gasteiger partial charge is 0.337 e. The SMILES string of the molecule is CCCc1nc(-c2ccc(C)o2)ccc1C(=O)O. The van der Waals surface area contributed by atoms with E-state index in [1.54, 1.807) is 12.1 Å². The van der Waals surface area contributed by atoms with E-state index in [4.69, 9.17) is 9.52 Å². The first-order valence-corrected chi connectivity index (χ1v) is 5.92. The van der Waals surface area contributed by atoms with Crippen LogP contribution in [0, 0.1) is 6.92 Å². The number of carboxylic acid groups (broad SMARTS) is 1. The van der Waals surface area contributed by atoms with E-state index >= 15 is 0 Å². The van der Waals surface area contributed by atoms with Crippen LogP contribution in [0.4, 0.5) is 0 Å². The minimum absolute atomic E-state index is 0.267. The minimum atomic E-state index is -0.937. The van der Waals surface area contributed by atoms with Crippen molar-refractivity contribution in [3.05, 3.63) is 41.3 Å². The lowest BCUT2D eigenvalue weighted by molar-refractivity contribution is 0.0695. The number of aryl methyl sites for hydroxylation is 2. The summed E-state index contributed by atoms with van der Waals surface area (Å²) in [5.41, 5.74) is 1.55. The number of hydrogen-bond acceptors (Lipinski definition) is 3. The van der Waals surface area contributed by atoms with E-state index in [9.17, 15) is 4.79 Å². The van der Waals surface area contributed by atoms with E-state index in [2.05, 4.69) is 4.98 Å². The fourth-order valence-corrected chi connectivity index (χ4v) is 1.83. The van der Waals surface area contributed by atoms with Gasteiger partial charge in [0.25, 0.3) is 0 Å². The average Bonchev–Trinajstić information content (AvgIpc) is 2.76. The summed E-state index contributed by atoms with van der Waals surface area (Å²) in [6.07, 6.45) is 1.50. The van der Waals surface area contributed by atoms with Crippen LogP contribution in [0.25, 0.3) is 11.5 Å². The highest BCUT2D eigenvalue weighted by atomic mass is 16.4. The van der Waals surface area contributed by atoms with Gasteiger partial charge < -0.3 is 9.52 Å². The maximum absolute atomic E-state index is 11.1. The second-order valence-electron chi connectivity index (χ2n) is 4.16. The quantitative estimate of drug-likeness (QED) is 0.897. The van der Waals surface area contributed by atoms with Crippen LogP contribution in [0.15, 0.2) is 28.7 Å². The summed E-state index contributed by atoms with van der Waals surface area (Å²) in [4.78, 5) is 15.5. The Morgan fingerprint density at radius 2 is 2.11 bits per heavy atom. The number of furan rings is 1. The fraction of sp³-hybridized carbons (Fsp3) is 0.286. The molecule has 0 spiro atoms. The van der Waals surface area contributed by atoms with Crippen LogP contribution in [0.3, 0.4) is 0 Å². The second kappa shape index (κ2) is 5.04. The van der Waals surface area contributed by atoms with Gasteiger partial charge in [-0.1, -0.05) is 13.3 Å². The zero-order valence-electron chi connectivity index (χ0n) is 10.4. The summed E-state index contributed by atoms with van der Waals surface area (Å²) in [7, 11) is 0. The second-order valence-corrected chi connectivity index (χ2v) is 4.16. The van der Waals surface area contributed by atoms with Gasteiger partial charge in [-0.05, 0) is 37.6 Å². The molecule has 0 aliphatic rings. The molecule has 2 aromatic heterocycles. The van der Waals surface area contributed by atoms with Crippen molar-refractivity contribution in [2.75, 3.05) is 0 Å². The molecule has 0 aromatic carbocycles. The number of nitrogens with zero attached hydrogens (tertiary/aromatic N) is 1. The van der Waals surface area contributed by atoms with Gasteiger partial charge in [0.15, 0.2) is 5.76 Å². The van der Waals surface area contributed by atoms with Crippen LogP contribution in [0.5, 0.6) is 0 Å². The molecular weight excluding hydrogens is 230 g/mol. The lowest BCUT2D eigenvalue weighted by Gasteiger charge is -2.05. The van der Waals surface area contributed by atoms with Gasteiger partial charge in [-0.3, -0.25) is 0 Å². The van der Waals surface area contributed by atoms with Crippen LogP contribution in [-0.4, -0.2) is 16.1 Å². The van der Waals surface area contributed by atoms with Crippen LogP contribution in [-0.2, 0) is 6.42 Å². The molecule has 0 saturated carbocycles. The predicted molar refractivity (Wildman–Crippen MR) is 67.6 cm³/mol. The Labute approximate surface area is 105 Å². The van der Waals surface area contributed by atoms with Gasteiger partial charge in [-0.15, -0.1) is 0 Å². The van der Waals surface area contributed by atoms with Crippen LogP contribution in [0.1, 0.15) is 35.2 Å². The molecule has 0 aliphatic heterocycles. The van der Waals surface area contributed by atoms with Gasteiger partial charge in [-0.25, -0.2) is 9.78 Å². The summed E-state index contributed by atoms with van der Waals surface area (Å²) in [5.74, 6) is 0.543. The van der Waals surface area contributed by atoms with Crippen molar-refractivity contribution in [2.45, 2.75) is 26.7 Å². The molecule has 18 heavy (non-hydrogen) atoms. The topological polar surface area (TPSA) is 63.3 Å². The van der Waals surface area contributed by atoms with Gasteiger partial charge in [0.2, 0.25) is 0 Å². The van der Waals surface area contributed by atoms with Crippen LogP contribution < -0.4 is 0 Å². The molecule has 0 fully saturated rings. The third kappa shape index (κ3) is 2.42. The number of aromatic carboxylic acids is 1. The molecule has 0 aliphatic carbocycles. The number of carboxylic acids is 1. The number of aromatic nitrogens is 1. The van der Waals surface area contributed by atoms with Crippen LogP contribution in [0.2, 0.25) is 0 Å². The van der Waals surface area contributed by atoms with Crippen molar-refractivity contribution >= 4 is 5.97 Å². The number of pyridine rings is 1. The first-order valence-electron chi connectivity index (χ1n) is 5.92. The van der Waals surface area contributed by atoms with Gasteiger partial charge >= 0.3 is 5.97 Å². The van der Waals surface area contributed by atoms with Crippen LogP contribution >= 0.6 is 0 Å². The number of rotatable bonds is 4. The third-order valence-electron chi connectivity index (χ3n) is 2.68. The number of hydrogen-bond donors (Lipinski definition) is 1. The molecule has 0 bridgehead atoms. The van der Waals surface area contributed by atoms with Crippen molar-refractivity contribution in [1.82, 2.24) is 4.98 Å². The highest BCUT2D eigenvalue weighted by Crippen LogP contribution is 2.22. The first-order chi connectivity index (χ1) is 8.61. The summed E-state index contributed by atoms with van der Waals surface area (Å²) in [6, 6.07) is 6.98. The summed E-state index contributed by atoms with van der Waals surface area (Å²) < 4.78 is 5.49. The Bertz CT molecular complexity index is 572. The van der Waals surface area contributed by atoms with Crippen molar-refractivity contribution in [1.29, 1.82) is 0 Å². The van der Waals surface area contributed by atoms with Crippen molar-refractivity contribution in [3.63, 3.8) is 0 Å². The third-order valence-corrected chi connectivity index (χ3v) is 2.68. The normalized spacial score (nSPS) is 10.6. The van der Waals surface area contributed by atoms with Gasteiger partial charge in [0, 0.05) is 0 Å². The molecule has 2 rings (SSSR count). The van der Waals surface area contributed by atoms with Crippen molar-refractivity contribution < 1.29 is 14.3 Å². The van der Waals surface area contributed by atoms with E-state index in [1.165, 1.54) is 0 Å². The molecule has 0 radical (unpaired) electrons. The molecule has 4 heteroatoms. The van der Waals surface area contributed by atoms with E-state index in [-0.39, 0.29) is 5.56 Å². The monoisotopic (exact) mass is 245 g/mol. The first kappa shape index (κ1) is 12.4. The molecule has 0 atom stereocenters. The molecule has 94 valence electrons. The highest BCUT2D eigenvalue weighted by molar-refractivity contribution is 5.89.